The van der Waals surface area contributed by atoms with Gasteiger partial charge in [0.2, 0.25) is 0 Å². The number of aliphatic hydroxyl groups is 1. The first kappa shape index (κ1) is 15.8. The Hall–Kier alpha value is -1.29. The SMILES string of the molecule is CCC(CCO)NC(=O)c1cc(C)n(C(C)C)c1C. The van der Waals surface area contributed by atoms with E-state index in [1.807, 2.05) is 26.8 Å². The average Bonchev–Trinajstić information content (AvgIpc) is 2.64. The summed E-state index contributed by atoms with van der Waals surface area (Å²) >= 11 is 0. The number of rotatable bonds is 6. The fourth-order valence-electron chi connectivity index (χ4n) is 2.60. The van der Waals surface area contributed by atoms with Crippen molar-refractivity contribution in [3.8, 4) is 0 Å². The van der Waals surface area contributed by atoms with Gasteiger partial charge in [-0.15, -0.1) is 0 Å². The lowest BCUT2D eigenvalue weighted by atomic mass is 10.1. The highest BCUT2D eigenvalue weighted by molar-refractivity contribution is 5.95. The molecule has 0 aliphatic heterocycles. The van der Waals surface area contributed by atoms with Gasteiger partial charge in [0.15, 0.2) is 0 Å². The molecule has 1 aromatic heterocycles. The van der Waals surface area contributed by atoms with Crippen molar-refractivity contribution in [2.45, 2.75) is 59.5 Å². The van der Waals surface area contributed by atoms with E-state index < -0.39 is 0 Å². The Bertz CT molecular complexity index is 436. The number of aryl methyl sites for hydroxylation is 1. The lowest BCUT2D eigenvalue weighted by molar-refractivity contribution is 0.0928. The molecule has 0 aliphatic rings. The molecule has 4 nitrogen and oxygen atoms in total. The summed E-state index contributed by atoms with van der Waals surface area (Å²) in [7, 11) is 0. The first-order chi connectivity index (χ1) is 8.92. The second-order valence-electron chi connectivity index (χ2n) is 5.34. The minimum atomic E-state index is -0.0414. The molecule has 0 saturated heterocycles. The van der Waals surface area contributed by atoms with Crippen LogP contribution in [0.4, 0.5) is 0 Å². The lowest BCUT2D eigenvalue weighted by Crippen LogP contribution is -2.35. The average molecular weight is 266 g/mol. The van der Waals surface area contributed by atoms with Gasteiger partial charge in [0.05, 0.1) is 5.56 Å². The second-order valence-corrected chi connectivity index (χ2v) is 5.34. The van der Waals surface area contributed by atoms with Crippen molar-refractivity contribution in [1.82, 2.24) is 9.88 Å². The number of carbonyl (C=O) groups is 1. The van der Waals surface area contributed by atoms with Crippen molar-refractivity contribution in [3.05, 3.63) is 23.0 Å². The molecule has 0 saturated carbocycles. The van der Waals surface area contributed by atoms with E-state index in [0.29, 0.717) is 12.5 Å². The van der Waals surface area contributed by atoms with Crippen LogP contribution in [0.25, 0.3) is 0 Å². The molecule has 1 atom stereocenters. The van der Waals surface area contributed by atoms with Crippen LogP contribution in [0, 0.1) is 13.8 Å². The van der Waals surface area contributed by atoms with Gasteiger partial charge < -0.3 is 15.0 Å². The Balaban J connectivity index is 2.91. The van der Waals surface area contributed by atoms with E-state index >= 15 is 0 Å². The molecule has 1 unspecified atom stereocenters. The number of hydrogen-bond acceptors (Lipinski definition) is 2. The quantitative estimate of drug-likeness (QED) is 0.831. The summed E-state index contributed by atoms with van der Waals surface area (Å²) in [6.45, 7) is 10.3. The Morgan fingerprint density at radius 3 is 2.47 bits per heavy atom. The molecule has 0 aromatic carbocycles. The van der Waals surface area contributed by atoms with Gasteiger partial charge in [-0.25, -0.2) is 0 Å². The topological polar surface area (TPSA) is 54.3 Å². The predicted molar refractivity (Wildman–Crippen MR) is 77.5 cm³/mol. The van der Waals surface area contributed by atoms with Gasteiger partial charge in [0.25, 0.3) is 5.91 Å². The molecule has 108 valence electrons. The summed E-state index contributed by atoms with van der Waals surface area (Å²) in [5.74, 6) is -0.0414. The van der Waals surface area contributed by atoms with Gasteiger partial charge in [-0.1, -0.05) is 6.92 Å². The zero-order valence-electron chi connectivity index (χ0n) is 12.7. The third-order valence-electron chi connectivity index (χ3n) is 3.55. The molecule has 1 aromatic rings. The van der Waals surface area contributed by atoms with Gasteiger partial charge in [-0.05, 0) is 46.6 Å². The molecular formula is C15H26N2O2. The molecule has 0 aliphatic carbocycles. The summed E-state index contributed by atoms with van der Waals surface area (Å²) in [6, 6.07) is 2.33. The second kappa shape index (κ2) is 6.75. The normalized spacial score (nSPS) is 12.8. The van der Waals surface area contributed by atoms with Crippen molar-refractivity contribution in [1.29, 1.82) is 0 Å². The summed E-state index contributed by atoms with van der Waals surface area (Å²) in [6.07, 6.45) is 1.43. The zero-order chi connectivity index (χ0) is 14.6. The van der Waals surface area contributed by atoms with Crippen LogP contribution in [0.2, 0.25) is 0 Å². The molecule has 1 amide bonds. The minimum absolute atomic E-state index is 0.0413. The van der Waals surface area contributed by atoms with Crippen molar-refractivity contribution in [2.24, 2.45) is 0 Å². The van der Waals surface area contributed by atoms with E-state index in [9.17, 15) is 4.79 Å². The molecule has 1 rings (SSSR count). The van der Waals surface area contributed by atoms with Crippen LogP contribution >= 0.6 is 0 Å². The van der Waals surface area contributed by atoms with Crippen molar-refractivity contribution < 1.29 is 9.90 Å². The van der Waals surface area contributed by atoms with Gasteiger partial charge in [0, 0.05) is 30.1 Å². The van der Waals surface area contributed by atoms with E-state index in [4.69, 9.17) is 5.11 Å². The highest BCUT2D eigenvalue weighted by Gasteiger charge is 2.18. The maximum absolute atomic E-state index is 12.3. The predicted octanol–water partition coefficient (Wildman–Crippen LogP) is 2.58. The first-order valence-electron chi connectivity index (χ1n) is 7.02. The standard InChI is InChI=1S/C15H26N2O2/c1-6-13(7-8-18)16-15(19)14-9-11(4)17(10(2)3)12(14)5/h9-10,13,18H,6-8H2,1-5H3,(H,16,19). The van der Waals surface area contributed by atoms with Crippen LogP contribution in [-0.2, 0) is 0 Å². The molecule has 1 heterocycles. The largest absolute Gasteiger partial charge is 0.396 e. The highest BCUT2D eigenvalue weighted by Crippen LogP contribution is 2.20. The molecule has 19 heavy (non-hydrogen) atoms. The van der Waals surface area contributed by atoms with E-state index in [-0.39, 0.29) is 18.6 Å². The molecule has 0 spiro atoms. The molecule has 2 N–H and O–H groups in total. The highest BCUT2D eigenvalue weighted by atomic mass is 16.3. The molecular weight excluding hydrogens is 240 g/mol. The van der Waals surface area contributed by atoms with E-state index in [1.54, 1.807) is 0 Å². The summed E-state index contributed by atoms with van der Waals surface area (Å²) in [5.41, 5.74) is 2.85. The van der Waals surface area contributed by atoms with Crippen LogP contribution in [0.1, 0.15) is 61.4 Å². The maximum atomic E-state index is 12.3. The molecule has 0 radical (unpaired) electrons. The van der Waals surface area contributed by atoms with Crippen molar-refractivity contribution >= 4 is 5.91 Å². The third-order valence-corrected chi connectivity index (χ3v) is 3.55. The van der Waals surface area contributed by atoms with Gasteiger partial charge in [0.1, 0.15) is 0 Å². The van der Waals surface area contributed by atoms with E-state index in [2.05, 4.69) is 23.7 Å². The summed E-state index contributed by atoms with van der Waals surface area (Å²) in [5, 5.41) is 12.0. The van der Waals surface area contributed by atoms with Crippen molar-refractivity contribution in [3.63, 3.8) is 0 Å². The number of hydrogen-bond donors (Lipinski definition) is 2. The van der Waals surface area contributed by atoms with Crippen LogP contribution in [0.5, 0.6) is 0 Å². The first-order valence-corrected chi connectivity index (χ1v) is 7.02. The number of nitrogens with zero attached hydrogens (tertiary/aromatic N) is 1. The summed E-state index contributed by atoms with van der Waals surface area (Å²) in [4.78, 5) is 12.3. The van der Waals surface area contributed by atoms with Crippen LogP contribution in [-0.4, -0.2) is 28.2 Å². The lowest BCUT2D eigenvalue weighted by Gasteiger charge is -2.16. The number of aliphatic hydroxyl groups excluding tert-OH is 1. The molecule has 0 bridgehead atoms. The van der Waals surface area contributed by atoms with Gasteiger partial charge >= 0.3 is 0 Å². The van der Waals surface area contributed by atoms with Crippen LogP contribution in [0.15, 0.2) is 6.07 Å². The van der Waals surface area contributed by atoms with Gasteiger partial charge in [-0.2, -0.15) is 0 Å². The van der Waals surface area contributed by atoms with E-state index in [0.717, 1.165) is 23.4 Å². The molecule has 0 fully saturated rings. The fraction of sp³-hybridized carbons (Fsp3) is 0.667. The number of amides is 1. The Kier molecular flexibility index (Phi) is 5.60. The Labute approximate surface area is 115 Å². The number of carbonyl (C=O) groups excluding carboxylic acids is 1. The smallest absolute Gasteiger partial charge is 0.253 e. The van der Waals surface area contributed by atoms with E-state index in [1.165, 1.54) is 0 Å². The minimum Gasteiger partial charge on any atom is -0.396 e. The monoisotopic (exact) mass is 266 g/mol. The maximum Gasteiger partial charge on any atom is 0.253 e. The van der Waals surface area contributed by atoms with Crippen LogP contribution in [0.3, 0.4) is 0 Å². The number of aromatic nitrogens is 1. The van der Waals surface area contributed by atoms with Crippen LogP contribution < -0.4 is 5.32 Å². The number of nitrogens with one attached hydrogen (secondary N) is 1. The van der Waals surface area contributed by atoms with Crippen molar-refractivity contribution in [2.75, 3.05) is 6.61 Å². The van der Waals surface area contributed by atoms with Gasteiger partial charge in [-0.3, -0.25) is 4.79 Å². The zero-order valence-corrected chi connectivity index (χ0v) is 12.7. The Morgan fingerprint density at radius 2 is 2.05 bits per heavy atom. The Morgan fingerprint density at radius 1 is 1.42 bits per heavy atom. The molecule has 4 heteroatoms. The third kappa shape index (κ3) is 3.60. The fourth-order valence-corrected chi connectivity index (χ4v) is 2.60. The summed E-state index contributed by atoms with van der Waals surface area (Å²) < 4.78 is 2.17.